The SMILES string of the molecule is CN(Cc1ccc(N2CCOCC2)cc1)S(=O)(=O)c1ccc2c(c1)CCC2. The summed E-state index contributed by atoms with van der Waals surface area (Å²) >= 11 is 0. The van der Waals surface area contributed by atoms with E-state index in [1.165, 1.54) is 15.4 Å². The molecule has 0 atom stereocenters. The van der Waals surface area contributed by atoms with Crippen molar-refractivity contribution in [2.24, 2.45) is 0 Å². The number of sulfonamides is 1. The first kappa shape index (κ1) is 18.5. The molecule has 144 valence electrons. The molecule has 0 N–H and O–H groups in total. The van der Waals surface area contributed by atoms with E-state index < -0.39 is 10.0 Å². The summed E-state index contributed by atoms with van der Waals surface area (Å²) in [6.07, 6.45) is 3.15. The monoisotopic (exact) mass is 386 g/mol. The van der Waals surface area contributed by atoms with Gasteiger partial charge in [-0.25, -0.2) is 8.42 Å². The van der Waals surface area contributed by atoms with Gasteiger partial charge >= 0.3 is 0 Å². The van der Waals surface area contributed by atoms with Crippen LogP contribution in [0.15, 0.2) is 47.4 Å². The molecule has 27 heavy (non-hydrogen) atoms. The highest BCUT2D eigenvalue weighted by molar-refractivity contribution is 7.89. The van der Waals surface area contributed by atoms with Gasteiger partial charge in [-0.3, -0.25) is 0 Å². The molecule has 1 fully saturated rings. The zero-order valence-electron chi connectivity index (χ0n) is 15.7. The van der Waals surface area contributed by atoms with Gasteiger partial charge in [-0.15, -0.1) is 0 Å². The van der Waals surface area contributed by atoms with Crippen LogP contribution in [0.5, 0.6) is 0 Å². The molecule has 1 heterocycles. The van der Waals surface area contributed by atoms with Gasteiger partial charge in [0.1, 0.15) is 0 Å². The molecular formula is C21H26N2O3S. The van der Waals surface area contributed by atoms with Crippen LogP contribution in [0, 0.1) is 0 Å². The first-order valence-electron chi connectivity index (χ1n) is 9.54. The minimum absolute atomic E-state index is 0.364. The number of hydrogen-bond donors (Lipinski definition) is 0. The van der Waals surface area contributed by atoms with Crippen LogP contribution in [0.3, 0.4) is 0 Å². The maximum Gasteiger partial charge on any atom is 0.243 e. The van der Waals surface area contributed by atoms with E-state index >= 15 is 0 Å². The fourth-order valence-electron chi connectivity index (χ4n) is 3.86. The smallest absolute Gasteiger partial charge is 0.243 e. The molecule has 0 amide bonds. The Bertz CT molecular complexity index is 904. The van der Waals surface area contributed by atoms with E-state index in [0.717, 1.165) is 56.8 Å². The molecule has 1 saturated heterocycles. The van der Waals surface area contributed by atoms with Crippen LogP contribution in [-0.4, -0.2) is 46.1 Å². The number of fused-ring (bicyclic) bond motifs is 1. The Labute approximate surface area is 161 Å². The van der Waals surface area contributed by atoms with Crippen molar-refractivity contribution < 1.29 is 13.2 Å². The van der Waals surface area contributed by atoms with Crippen LogP contribution < -0.4 is 4.90 Å². The first-order valence-corrected chi connectivity index (χ1v) is 11.0. The van der Waals surface area contributed by atoms with E-state index in [1.807, 2.05) is 24.3 Å². The molecule has 0 spiro atoms. The Hall–Kier alpha value is -1.89. The largest absolute Gasteiger partial charge is 0.378 e. The van der Waals surface area contributed by atoms with Crippen molar-refractivity contribution in [1.82, 2.24) is 4.31 Å². The number of aryl methyl sites for hydroxylation is 2. The van der Waals surface area contributed by atoms with Crippen LogP contribution >= 0.6 is 0 Å². The normalized spacial score (nSPS) is 17.3. The van der Waals surface area contributed by atoms with Gasteiger partial charge in [-0.2, -0.15) is 4.31 Å². The van der Waals surface area contributed by atoms with Crippen LogP contribution in [0.2, 0.25) is 0 Å². The highest BCUT2D eigenvalue weighted by Gasteiger charge is 2.23. The third-order valence-electron chi connectivity index (χ3n) is 5.50. The Balaban J connectivity index is 1.47. The summed E-state index contributed by atoms with van der Waals surface area (Å²) in [4.78, 5) is 2.69. The third-order valence-corrected chi connectivity index (χ3v) is 7.30. The van der Waals surface area contributed by atoms with Crippen molar-refractivity contribution >= 4 is 15.7 Å². The number of morpholine rings is 1. The molecule has 0 aromatic heterocycles. The molecule has 1 aliphatic carbocycles. The lowest BCUT2D eigenvalue weighted by Crippen LogP contribution is -2.36. The van der Waals surface area contributed by atoms with E-state index in [-0.39, 0.29) is 0 Å². The quantitative estimate of drug-likeness (QED) is 0.793. The van der Waals surface area contributed by atoms with Gasteiger partial charge in [0.05, 0.1) is 18.1 Å². The molecule has 0 saturated carbocycles. The Morgan fingerprint density at radius 3 is 2.44 bits per heavy atom. The van der Waals surface area contributed by atoms with Crippen LogP contribution in [0.25, 0.3) is 0 Å². The van der Waals surface area contributed by atoms with Crippen molar-refractivity contribution in [1.29, 1.82) is 0 Å². The van der Waals surface area contributed by atoms with Gasteiger partial charge in [0, 0.05) is 32.4 Å². The van der Waals surface area contributed by atoms with Gasteiger partial charge < -0.3 is 9.64 Å². The Morgan fingerprint density at radius 1 is 1.00 bits per heavy atom. The van der Waals surface area contributed by atoms with Gasteiger partial charge in [0.2, 0.25) is 10.0 Å². The average molecular weight is 387 g/mol. The summed E-state index contributed by atoms with van der Waals surface area (Å²) in [5, 5.41) is 0. The van der Waals surface area contributed by atoms with E-state index in [2.05, 4.69) is 17.0 Å². The molecule has 5 nitrogen and oxygen atoms in total. The van der Waals surface area contributed by atoms with Gasteiger partial charge in [0.15, 0.2) is 0 Å². The minimum Gasteiger partial charge on any atom is -0.378 e. The molecular weight excluding hydrogens is 360 g/mol. The molecule has 0 radical (unpaired) electrons. The minimum atomic E-state index is -3.48. The second-order valence-corrected chi connectivity index (χ2v) is 9.36. The van der Waals surface area contributed by atoms with Crippen molar-refractivity contribution in [2.45, 2.75) is 30.7 Å². The number of rotatable bonds is 5. The van der Waals surface area contributed by atoms with Crippen molar-refractivity contribution in [3.05, 3.63) is 59.2 Å². The summed E-state index contributed by atoms with van der Waals surface area (Å²) in [7, 11) is -1.83. The molecule has 6 heteroatoms. The summed E-state index contributed by atoms with van der Waals surface area (Å²) < 4.78 is 32.7. The molecule has 4 rings (SSSR count). The molecule has 2 aliphatic rings. The van der Waals surface area contributed by atoms with Crippen molar-refractivity contribution in [2.75, 3.05) is 38.3 Å². The Morgan fingerprint density at radius 2 is 1.70 bits per heavy atom. The number of hydrogen-bond acceptors (Lipinski definition) is 4. The Kier molecular flexibility index (Phi) is 5.21. The molecule has 0 bridgehead atoms. The molecule has 2 aromatic rings. The standard InChI is InChI=1S/C21H26N2O3S/c1-22(27(24,25)21-10-7-18-3-2-4-19(18)15-21)16-17-5-8-20(9-6-17)23-11-13-26-14-12-23/h5-10,15H,2-4,11-14,16H2,1H3. The summed E-state index contributed by atoms with van der Waals surface area (Å²) in [6, 6.07) is 13.7. The third kappa shape index (κ3) is 3.88. The number of ether oxygens (including phenoxy) is 1. The predicted octanol–water partition coefficient (Wildman–Crippen LogP) is 2.83. The lowest BCUT2D eigenvalue weighted by Gasteiger charge is -2.29. The van der Waals surface area contributed by atoms with Crippen molar-refractivity contribution in [3.63, 3.8) is 0 Å². The molecule has 1 aliphatic heterocycles. The lowest BCUT2D eigenvalue weighted by atomic mass is 10.1. The fourth-order valence-corrected chi connectivity index (χ4v) is 5.07. The van der Waals surface area contributed by atoms with Gasteiger partial charge in [-0.1, -0.05) is 18.2 Å². The highest BCUT2D eigenvalue weighted by atomic mass is 32.2. The number of anilines is 1. The number of nitrogens with zero attached hydrogens (tertiary/aromatic N) is 2. The maximum atomic E-state index is 13.0. The lowest BCUT2D eigenvalue weighted by molar-refractivity contribution is 0.122. The van der Waals surface area contributed by atoms with Crippen molar-refractivity contribution in [3.8, 4) is 0 Å². The highest BCUT2D eigenvalue weighted by Crippen LogP contribution is 2.26. The zero-order chi connectivity index (χ0) is 18.9. The number of benzene rings is 2. The second kappa shape index (κ2) is 7.62. The van der Waals surface area contributed by atoms with Crippen LogP contribution in [-0.2, 0) is 34.1 Å². The summed E-state index contributed by atoms with van der Waals surface area (Å²) in [5.74, 6) is 0. The summed E-state index contributed by atoms with van der Waals surface area (Å²) in [5.41, 5.74) is 4.61. The zero-order valence-corrected chi connectivity index (χ0v) is 16.5. The van der Waals surface area contributed by atoms with Crippen LogP contribution in [0.1, 0.15) is 23.1 Å². The maximum absolute atomic E-state index is 13.0. The van der Waals surface area contributed by atoms with E-state index in [1.54, 1.807) is 13.1 Å². The molecule has 2 aromatic carbocycles. The first-order chi connectivity index (χ1) is 13.0. The van der Waals surface area contributed by atoms with E-state index in [4.69, 9.17) is 4.74 Å². The molecule has 0 unspecified atom stereocenters. The topological polar surface area (TPSA) is 49.9 Å². The van der Waals surface area contributed by atoms with Crippen LogP contribution in [0.4, 0.5) is 5.69 Å². The predicted molar refractivity (Wildman–Crippen MR) is 107 cm³/mol. The second-order valence-electron chi connectivity index (χ2n) is 7.31. The van der Waals surface area contributed by atoms with Gasteiger partial charge in [0.25, 0.3) is 0 Å². The van der Waals surface area contributed by atoms with E-state index in [9.17, 15) is 8.42 Å². The summed E-state index contributed by atoms with van der Waals surface area (Å²) in [6.45, 7) is 3.66. The average Bonchev–Trinajstić information content (AvgIpc) is 3.17. The fraction of sp³-hybridized carbons (Fsp3) is 0.429. The van der Waals surface area contributed by atoms with Gasteiger partial charge in [-0.05, 0) is 60.2 Å². The van der Waals surface area contributed by atoms with E-state index in [0.29, 0.717) is 11.4 Å².